The van der Waals surface area contributed by atoms with Crippen LogP contribution in [0.4, 0.5) is 33.7 Å². The van der Waals surface area contributed by atoms with E-state index in [9.17, 15) is 31.9 Å². The number of hydrogen-bond donors (Lipinski definition) is 2. The number of piperidine rings is 1. The van der Waals surface area contributed by atoms with Crippen LogP contribution in [0.25, 0.3) is 0 Å². The smallest absolute Gasteiger partial charge is 0.416 e. The highest BCUT2D eigenvalue weighted by Gasteiger charge is 2.47. The van der Waals surface area contributed by atoms with Crippen molar-refractivity contribution in [3.63, 3.8) is 0 Å². The van der Waals surface area contributed by atoms with Gasteiger partial charge in [0.15, 0.2) is 0 Å². The summed E-state index contributed by atoms with van der Waals surface area (Å²) in [7, 11) is 2.90. The Morgan fingerprint density at radius 3 is 2.26 bits per heavy atom. The average Bonchev–Trinajstić information content (AvgIpc) is 2.99. The Bertz CT molecular complexity index is 1420. The van der Waals surface area contributed by atoms with Gasteiger partial charge in [-0.1, -0.05) is 42.5 Å². The van der Waals surface area contributed by atoms with E-state index in [1.807, 2.05) is 6.07 Å². The Balaban J connectivity index is 1.66. The summed E-state index contributed by atoms with van der Waals surface area (Å²) in [4.78, 5) is 41.1. The van der Waals surface area contributed by atoms with E-state index in [0.29, 0.717) is 11.6 Å². The number of halogens is 4. The van der Waals surface area contributed by atoms with E-state index in [1.54, 1.807) is 55.6 Å². The number of carbonyl (C=O) groups excluding carboxylic acids is 3. The Kier molecular flexibility index (Phi) is 9.34. The van der Waals surface area contributed by atoms with Crippen molar-refractivity contribution in [1.82, 2.24) is 4.90 Å². The Morgan fingerprint density at radius 2 is 1.67 bits per heavy atom. The van der Waals surface area contributed by atoms with Crippen LogP contribution in [0.5, 0.6) is 0 Å². The summed E-state index contributed by atoms with van der Waals surface area (Å²) in [6.45, 7) is -0.316. The van der Waals surface area contributed by atoms with Crippen LogP contribution in [-0.4, -0.2) is 50.1 Å². The van der Waals surface area contributed by atoms with E-state index in [-0.39, 0.29) is 25.8 Å². The summed E-state index contributed by atoms with van der Waals surface area (Å²) in [5, 5.41) is 5.29. The van der Waals surface area contributed by atoms with Crippen LogP contribution >= 0.6 is 0 Å². The third kappa shape index (κ3) is 6.99. The third-order valence-corrected chi connectivity index (χ3v) is 7.16. The second-order valence-corrected chi connectivity index (χ2v) is 9.76. The van der Waals surface area contributed by atoms with Crippen molar-refractivity contribution in [3.05, 3.63) is 95.3 Å². The number of carbonyl (C=O) groups is 3. The monoisotopic (exact) mass is 587 g/mol. The van der Waals surface area contributed by atoms with Crippen LogP contribution in [0.3, 0.4) is 0 Å². The van der Waals surface area contributed by atoms with Gasteiger partial charge in [0.2, 0.25) is 5.91 Å². The molecule has 3 atom stereocenters. The fraction of sp³-hybridized carbons (Fsp3) is 0.300. The molecule has 1 saturated heterocycles. The largest absolute Gasteiger partial charge is 0.469 e. The maximum atomic E-state index is 14.6. The third-order valence-electron chi connectivity index (χ3n) is 7.16. The van der Waals surface area contributed by atoms with Gasteiger partial charge in [-0.2, -0.15) is 13.2 Å². The summed E-state index contributed by atoms with van der Waals surface area (Å²) >= 11 is 0. The number of hydrogen-bond acceptors (Lipinski definition) is 6. The molecule has 0 radical (unpaired) electrons. The van der Waals surface area contributed by atoms with Gasteiger partial charge in [-0.3, -0.25) is 9.59 Å². The summed E-state index contributed by atoms with van der Waals surface area (Å²) in [6.07, 6.45) is -5.52. The predicted octanol–water partition coefficient (Wildman–Crippen LogP) is 5.67. The lowest BCUT2D eigenvalue weighted by Gasteiger charge is -2.41. The van der Waals surface area contributed by atoms with Gasteiger partial charge in [-0.25, -0.2) is 9.18 Å². The van der Waals surface area contributed by atoms with Crippen LogP contribution in [-0.2, 0) is 31.8 Å². The first-order chi connectivity index (χ1) is 20.0. The molecule has 0 bridgehead atoms. The van der Waals surface area contributed by atoms with Gasteiger partial charge >= 0.3 is 18.2 Å². The van der Waals surface area contributed by atoms with Crippen molar-refractivity contribution in [2.24, 2.45) is 11.8 Å². The van der Waals surface area contributed by atoms with Crippen LogP contribution in [0.1, 0.15) is 22.6 Å². The number of amides is 2. The molecule has 0 spiro atoms. The van der Waals surface area contributed by atoms with Gasteiger partial charge in [0.05, 0.1) is 30.2 Å². The van der Waals surface area contributed by atoms with E-state index in [1.165, 1.54) is 4.90 Å². The standard InChI is InChI=1S/C30H29F4N3O5/c1-35-21-11-8-19(9-12-21)22-15-37(29(40)42-17-18-6-4-3-5-7-18)16-23(26(22)28(39)41-2)27(38)36-25-13-10-20(14-24(25)31)30(32,33)34/h3-14,22-23,26,35H,15-17H2,1-2H3,(H,36,38)/t22-,23-,26-/m0/s1. The molecular weight excluding hydrogens is 558 g/mol. The molecule has 0 saturated carbocycles. The normalized spacial score (nSPS) is 18.6. The number of nitrogens with zero attached hydrogens (tertiary/aromatic N) is 1. The molecule has 8 nitrogen and oxygen atoms in total. The summed E-state index contributed by atoms with van der Waals surface area (Å²) in [6, 6.07) is 17.7. The Labute approximate surface area is 239 Å². The zero-order valence-electron chi connectivity index (χ0n) is 22.8. The summed E-state index contributed by atoms with van der Waals surface area (Å²) in [5.74, 6) is -6.00. The van der Waals surface area contributed by atoms with E-state index in [2.05, 4.69) is 10.6 Å². The first-order valence-electron chi connectivity index (χ1n) is 13.0. The van der Waals surface area contributed by atoms with E-state index >= 15 is 0 Å². The second-order valence-electron chi connectivity index (χ2n) is 9.76. The minimum atomic E-state index is -4.78. The van der Waals surface area contributed by atoms with Crippen LogP contribution < -0.4 is 10.6 Å². The SMILES string of the molecule is CNc1ccc([C@@H]2CN(C(=O)OCc3ccccc3)C[C@H](C(=O)Nc3ccc(C(F)(F)F)cc3F)[C@H]2C(=O)OC)cc1. The lowest BCUT2D eigenvalue weighted by Crippen LogP contribution is -2.53. The van der Waals surface area contributed by atoms with E-state index in [0.717, 1.165) is 24.4 Å². The second kappa shape index (κ2) is 12.9. The first kappa shape index (κ1) is 30.4. The number of alkyl halides is 3. The molecule has 0 unspecified atom stereocenters. The fourth-order valence-corrected chi connectivity index (χ4v) is 4.96. The van der Waals surface area contributed by atoms with Crippen molar-refractivity contribution in [2.45, 2.75) is 18.7 Å². The molecule has 2 N–H and O–H groups in total. The number of likely N-dealkylation sites (tertiary alicyclic amines) is 1. The van der Waals surface area contributed by atoms with Crippen LogP contribution in [0, 0.1) is 17.7 Å². The minimum absolute atomic E-state index is 0.00467. The van der Waals surface area contributed by atoms with E-state index < -0.39 is 59.0 Å². The Morgan fingerprint density at radius 1 is 0.976 bits per heavy atom. The van der Waals surface area contributed by atoms with Crippen LogP contribution in [0.2, 0.25) is 0 Å². The number of methoxy groups -OCH3 is 1. The van der Waals surface area contributed by atoms with Crippen molar-refractivity contribution in [1.29, 1.82) is 0 Å². The summed E-state index contributed by atoms with van der Waals surface area (Å²) < 4.78 is 64.2. The lowest BCUT2D eigenvalue weighted by atomic mass is 9.74. The maximum Gasteiger partial charge on any atom is 0.416 e. The molecule has 4 rings (SSSR count). The molecule has 12 heteroatoms. The predicted molar refractivity (Wildman–Crippen MR) is 146 cm³/mol. The van der Waals surface area contributed by atoms with Gasteiger partial charge < -0.3 is 25.0 Å². The highest BCUT2D eigenvalue weighted by molar-refractivity contribution is 5.96. The number of nitrogens with one attached hydrogen (secondary N) is 2. The number of rotatable bonds is 7. The molecule has 2 amide bonds. The quantitative estimate of drug-likeness (QED) is 0.273. The molecule has 1 heterocycles. The zero-order chi connectivity index (χ0) is 30.4. The molecule has 1 fully saturated rings. The summed E-state index contributed by atoms with van der Waals surface area (Å²) in [5.41, 5.74) is 0.427. The molecule has 42 heavy (non-hydrogen) atoms. The highest BCUT2D eigenvalue weighted by atomic mass is 19.4. The number of ether oxygens (including phenoxy) is 2. The highest BCUT2D eigenvalue weighted by Crippen LogP contribution is 2.39. The number of anilines is 2. The first-order valence-corrected chi connectivity index (χ1v) is 13.0. The van der Waals surface area contributed by atoms with Gasteiger partial charge in [-0.15, -0.1) is 0 Å². The minimum Gasteiger partial charge on any atom is -0.469 e. The number of esters is 1. The molecule has 222 valence electrons. The number of benzene rings is 3. The molecule has 3 aromatic rings. The molecule has 3 aromatic carbocycles. The molecule has 0 aliphatic carbocycles. The zero-order valence-corrected chi connectivity index (χ0v) is 22.8. The van der Waals surface area contributed by atoms with Gasteiger partial charge in [0, 0.05) is 31.7 Å². The van der Waals surface area contributed by atoms with Crippen molar-refractivity contribution < 1.29 is 41.4 Å². The van der Waals surface area contributed by atoms with Gasteiger partial charge in [0.25, 0.3) is 0 Å². The van der Waals surface area contributed by atoms with Crippen molar-refractivity contribution in [2.75, 3.05) is 37.9 Å². The van der Waals surface area contributed by atoms with Crippen LogP contribution in [0.15, 0.2) is 72.8 Å². The molecule has 0 aromatic heterocycles. The fourth-order valence-electron chi connectivity index (χ4n) is 4.96. The average molecular weight is 588 g/mol. The molecule has 1 aliphatic heterocycles. The lowest BCUT2D eigenvalue weighted by molar-refractivity contribution is -0.153. The van der Waals surface area contributed by atoms with E-state index in [4.69, 9.17) is 9.47 Å². The Hall–Kier alpha value is -4.61. The van der Waals surface area contributed by atoms with Crippen molar-refractivity contribution >= 4 is 29.3 Å². The van der Waals surface area contributed by atoms with Crippen molar-refractivity contribution in [3.8, 4) is 0 Å². The molecular formula is C30H29F4N3O5. The maximum absolute atomic E-state index is 14.6. The molecule has 1 aliphatic rings. The van der Waals surface area contributed by atoms with Gasteiger partial charge in [-0.05, 0) is 41.5 Å². The van der Waals surface area contributed by atoms with Gasteiger partial charge in [0.1, 0.15) is 12.4 Å². The topological polar surface area (TPSA) is 97.0 Å².